The SMILES string of the molecule is COc1ccc2ccccc2c1[C@H]1NC(=S)NC(C)=C1C(=O)Nc1ccccc1Cl. The Morgan fingerprint density at radius 1 is 1.10 bits per heavy atom. The molecule has 1 aliphatic rings. The van der Waals surface area contributed by atoms with E-state index in [-0.39, 0.29) is 5.91 Å². The van der Waals surface area contributed by atoms with E-state index in [1.165, 1.54) is 0 Å². The number of para-hydroxylation sites is 1. The van der Waals surface area contributed by atoms with Gasteiger partial charge in [0.2, 0.25) is 0 Å². The maximum absolute atomic E-state index is 13.4. The van der Waals surface area contributed by atoms with Crippen molar-refractivity contribution in [2.45, 2.75) is 13.0 Å². The van der Waals surface area contributed by atoms with Crippen LogP contribution in [0.15, 0.2) is 71.9 Å². The molecule has 1 heterocycles. The highest BCUT2D eigenvalue weighted by molar-refractivity contribution is 7.80. The highest BCUT2D eigenvalue weighted by atomic mass is 35.5. The second-order valence-electron chi connectivity index (χ2n) is 6.91. The van der Waals surface area contributed by atoms with Gasteiger partial charge >= 0.3 is 0 Å². The minimum absolute atomic E-state index is 0.275. The van der Waals surface area contributed by atoms with Crippen molar-refractivity contribution >= 4 is 51.3 Å². The third-order valence-electron chi connectivity index (χ3n) is 5.08. The first-order valence-corrected chi connectivity index (χ1v) is 10.2. The number of carbonyl (C=O) groups is 1. The lowest BCUT2D eigenvalue weighted by Gasteiger charge is -2.32. The number of ether oxygens (including phenoxy) is 1. The van der Waals surface area contributed by atoms with Gasteiger partial charge < -0.3 is 20.7 Å². The quantitative estimate of drug-likeness (QED) is 0.505. The van der Waals surface area contributed by atoms with Crippen molar-refractivity contribution in [3.05, 3.63) is 82.5 Å². The third kappa shape index (κ3) is 3.72. The van der Waals surface area contributed by atoms with Crippen LogP contribution in [-0.4, -0.2) is 18.1 Å². The van der Waals surface area contributed by atoms with Gasteiger partial charge in [-0.2, -0.15) is 0 Å². The third-order valence-corrected chi connectivity index (χ3v) is 5.62. The minimum atomic E-state index is -0.498. The van der Waals surface area contributed by atoms with Crippen molar-refractivity contribution in [3.8, 4) is 5.75 Å². The van der Waals surface area contributed by atoms with Gasteiger partial charge in [0.1, 0.15) is 5.75 Å². The number of methoxy groups -OCH3 is 1. The van der Waals surface area contributed by atoms with E-state index < -0.39 is 6.04 Å². The fourth-order valence-corrected chi connectivity index (χ4v) is 4.17. The van der Waals surface area contributed by atoms with E-state index in [0.29, 0.717) is 32.8 Å². The number of nitrogens with one attached hydrogen (secondary N) is 3. The number of fused-ring (bicyclic) bond motifs is 1. The number of halogens is 1. The van der Waals surface area contributed by atoms with Crippen LogP contribution in [0.5, 0.6) is 5.75 Å². The molecule has 0 aliphatic carbocycles. The van der Waals surface area contributed by atoms with Crippen molar-refractivity contribution in [3.63, 3.8) is 0 Å². The molecule has 3 N–H and O–H groups in total. The van der Waals surface area contributed by atoms with E-state index in [1.54, 1.807) is 19.2 Å². The Hall–Kier alpha value is -3.09. The molecule has 1 amide bonds. The highest BCUT2D eigenvalue weighted by Crippen LogP contribution is 2.38. The minimum Gasteiger partial charge on any atom is -0.496 e. The van der Waals surface area contributed by atoms with E-state index in [0.717, 1.165) is 16.3 Å². The Balaban J connectivity index is 1.85. The van der Waals surface area contributed by atoms with Crippen LogP contribution in [0.3, 0.4) is 0 Å². The van der Waals surface area contributed by atoms with Gasteiger partial charge in [0.25, 0.3) is 5.91 Å². The van der Waals surface area contributed by atoms with Crippen LogP contribution in [0.1, 0.15) is 18.5 Å². The Labute approximate surface area is 185 Å². The first-order valence-electron chi connectivity index (χ1n) is 9.39. The number of carbonyl (C=O) groups excluding carboxylic acids is 1. The lowest BCUT2D eigenvalue weighted by Crippen LogP contribution is -2.46. The van der Waals surface area contributed by atoms with Crippen LogP contribution >= 0.6 is 23.8 Å². The molecule has 3 aromatic carbocycles. The zero-order valence-corrected chi connectivity index (χ0v) is 18.0. The van der Waals surface area contributed by atoms with Crippen molar-refractivity contribution in [2.75, 3.05) is 12.4 Å². The molecule has 5 nitrogen and oxygen atoms in total. The molecule has 3 aromatic rings. The van der Waals surface area contributed by atoms with Gasteiger partial charge in [-0.05, 0) is 48.1 Å². The second-order valence-corrected chi connectivity index (χ2v) is 7.72. The average molecular weight is 438 g/mol. The summed E-state index contributed by atoms with van der Waals surface area (Å²) in [5.41, 5.74) is 2.57. The van der Waals surface area contributed by atoms with E-state index in [4.69, 9.17) is 28.6 Å². The Morgan fingerprint density at radius 3 is 2.60 bits per heavy atom. The summed E-state index contributed by atoms with van der Waals surface area (Å²) in [7, 11) is 1.62. The number of hydrogen-bond donors (Lipinski definition) is 3. The number of allylic oxidation sites excluding steroid dienone is 1. The summed E-state index contributed by atoms with van der Waals surface area (Å²) in [6, 6.07) is 18.5. The summed E-state index contributed by atoms with van der Waals surface area (Å²) >= 11 is 11.6. The molecule has 4 rings (SSSR count). The van der Waals surface area contributed by atoms with Crippen molar-refractivity contribution in [1.82, 2.24) is 10.6 Å². The number of rotatable bonds is 4. The number of anilines is 1. The maximum atomic E-state index is 13.4. The number of amides is 1. The van der Waals surface area contributed by atoms with Crippen molar-refractivity contribution in [1.29, 1.82) is 0 Å². The molecule has 0 aromatic heterocycles. The highest BCUT2D eigenvalue weighted by Gasteiger charge is 2.33. The fraction of sp³-hybridized carbons (Fsp3) is 0.130. The summed E-state index contributed by atoms with van der Waals surface area (Å²) in [6.45, 7) is 1.83. The van der Waals surface area contributed by atoms with Crippen LogP contribution in [0.4, 0.5) is 5.69 Å². The smallest absolute Gasteiger partial charge is 0.255 e. The van der Waals surface area contributed by atoms with E-state index in [9.17, 15) is 4.79 Å². The second kappa shape index (κ2) is 8.34. The monoisotopic (exact) mass is 437 g/mol. The molecule has 0 bridgehead atoms. The van der Waals surface area contributed by atoms with Crippen molar-refractivity contribution in [2.24, 2.45) is 0 Å². The van der Waals surface area contributed by atoms with Crippen LogP contribution < -0.4 is 20.7 Å². The van der Waals surface area contributed by atoms with Crippen LogP contribution in [0.2, 0.25) is 5.02 Å². The van der Waals surface area contributed by atoms with E-state index in [2.05, 4.69) is 16.0 Å². The molecule has 1 atom stereocenters. The Morgan fingerprint density at radius 2 is 1.83 bits per heavy atom. The Kier molecular flexibility index (Phi) is 5.61. The standard InChI is InChI=1S/C23H20ClN3O2S/c1-13-19(22(28)26-17-10-6-5-9-16(17)24)21(27-23(30)25-13)20-15-8-4-3-7-14(15)11-12-18(20)29-2/h3-12,21H,1-2H3,(H,26,28)(H2,25,27,30)/t21-/m0/s1. The molecular formula is C23H20ClN3O2S. The van der Waals surface area contributed by atoms with Crippen molar-refractivity contribution < 1.29 is 9.53 Å². The number of thiocarbonyl (C=S) groups is 1. The van der Waals surface area contributed by atoms with Gasteiger partial charge in [-0.15, -0.1) is 0 Å². The van der Waals surface area contributed by atoms with Gasteiger partial charge in [-0.1, -0.05) is 54.1 Å². The topological polar surface area (TPSA) is 62.4 Å². The lowest BCUT2D eigenvalue weighted by atomic mass is 9.90. The molecule has 1 aliphatic heterocycles. The molecule has 7 heteroatoms. The molecular weight excluding hydrogens is 418 g/mol. The van der Waals surface area contributed by atoms with Gasteiger partial charge in [0.05, 0.1) is 29.4 Å². The Bertz CT molecular complexity index is 1190. The fourth-order valence-electron chi connectivity index (χ4n) is 3.71. The van der Waals surface area contributed by atoms with E-state index >= 15 is 0 Å². The summed E-state index contributed by atoms with van der Waals surface area (Å²) in [4.78, 5) is 13.4. The normalized spacial score (nSPS) is 16.1. The average Bonchev–Trinajstić information content (AvgIpc) is 2.73. The van der Waals surface area contributed by atoms with Gasteiger partial charge in [-0.3, -0.25) is 4.79 Å². The number of hydrogen-bond acceptors (Lipinski definition) is 3. The summed E-state index contributed by atoms with van der Waals surface area (Å²) in [5.74, 6) is 0.398. The summed E-state index contributed by atoms with van der Waals surface area (Å²) in [6.07, 6.45) is 0. The van der Waals surface area contributed by atoms with Gasteiger partial charge in [0, 0.05) is 11.3 Å². The van der Waals surface area contributed by atoms with Gasteiger partial charge in [-0.25, -0.2) is 0 Å². The lowest BCUT2D eigenvalue weighted by molar-refractivity contribution is -0.113. The predicted octanol–water partition coefficient (Wildman–Crippen LogP) is 4.93. The van der Waals surface area contributed by atoms with Gasteiger partial charge in [0.15, 0.2) is 5.11 Å². The zero-order chi connectivity index (χ0) is 21.3. The predicted molar refractivity (Wildman–Crippen MR) is 125 cm³/mol. The first kappa shape index (κ1) is 20.2. The molecule has 0 radical (unpaired) electrons. The molecule has 0 saturated carbocycles. The molecule has 0 unspecified atom stereocenters. The maximum Gasteiger partial charge on any atom is 0.255 e. The first-order chi connectivity index (χ1) is 14.5. The molecule has 152 valence electrons. The van der Waals surface area contributed by atoms with Crippen LogP contribution in [0, 0.1) is 0 Å². The molecule has 0 saturated heterocycles. The van der Waals surface area contributed by atoms with Crippen LogP contribution in [0.25, 0.3) is 10.8 Å². The zero-order valence-electron chi connectivity index (χ0n) is 16.5. The largest absolute Gasteiger partial charge is 0.496 e. The molecule has 0 fully saturated rings. The molecule has 0 spiro atoms. The molecule has 30 heavy (non-hydrogen) atoms. The van der Waals surface area contributed by atoms with Crippen LogP contribution in [-0.2, 0) is 4.79 Å². The number of benzene rings is 3. The van der Waals surface area contributed by atoms with E-state index in [1.807, 2.05) is 55.5 Å². The summed E-state index contributed by atoms with van der Waals surface area (Å²) in [5, 5.41) is 12.2. The summed E-state index contributed by atoms with van der Waals surface area (Å²) < 4.78 is 5.66.